The quantitative estimate of drug-likeness (QED) is 0.652. The molecular weight excluding hydrogens is 176 g/mol. The second-order valence-electron chi connectivity index (χ2n) is 3.90. The Kier molecular flexibility index (Phi) is 4.66. The summed E-state index contributed by atoms with van der Waals surface area (Å²) in [5.74, 6) is 0.00662. The molecule has 0 spiro atoms. The van der Waals surface area contributed by atoms with Crippen LogP contribution < -0.4 is 11.1 Å². The number of carbonyl (C=O) groups is 1. The van der Waals surface area contributed by atoms with E-state index in [1.165, 1.54) is 0 Å². The van der Waals surface area contributed by atoms with Gasteiger partial charge in [0.05, 0.1) is 6.04 Å². The van der Waals surface area contributed by atoms with Crippen LogP contribution in [0.3, 0.4) is 0 Å². The van der Waals surface area contributed by atoms with E-state index in [-0.39, 0.29) is 18.0 Å². The molecule has 0 aromatic heterocycles. The molecule has 1 unspecified atom stereocenters. The molecule has 0 aromatic rings. The Morgan fingerprint density at radius 3 is 2.79 bits per heavy atom. The zero-order chi connectivity index (χ0) is 10.4. The number of hydrogen-bond acceptors (Lipinski definition) is 2. The first-order chi connectivity index (χ1) is 6.74. The minimum absolute atomic E-state index is 0.00662. The summed E-state index contributed by atoms with van der Waals surface area (Å²) >= 11 is 0. The topological polar surface area (TPSA) is 55.1 Å². The maximum atomic E-state index is 11.5. The van der Waals surface area contributed by atoms with Crippen molar-refractivity contribution in [2.45, 2.75) is 51.1 Å². The van der Waals surface area contributed by atoms with E-state index in [1.807, 2.05) is 0 Å². The lowest BCUT2D eigenvalue weighted by Crippen LogP contribution is -2.44. The number of nitrogens with two attached hydrogens (primary N) is 1. The fourth-order valence-electron chi connectivity index (χ4n) is 1.60. The first-order valence-electron chi connectivity index (χ1n) is 5.45. The summed E-state index contributed by atoms with van der Waals surface area (Å²) < 4.78 is 0. The molecule has 0 aliphatic heterocycles. The van der Waals surface area contributed by atoms with Gasteiger partial charge in [0.2, 0.25) is 5.91 Å². The van der Waals surface area contributed by atoms with Crippen LogP contribution in [-0.2, 0) is 4.79 Å². The van der Waals surface area contributed by atoms with Gasteiger partial charge in [-0.15, -0.1) is 0 Å². The van der Waals surface area contributed by atoms with Crippen molar-refractivity contribution < 1.29 is 4.79 Å². The fraction of sp³-hybridized carbons (Fsp3) is 0.727. The van der Waals surface area contributed by atoms with Crippen LogP contribution in [0.2, 0.25) is 0 Å². The monoisotopic (exact) mass is 196 g/mol. The molecule has 3 nitrogen and oxygen atoms in total. The molecule has 1 aliphatic carbocycles. The third kappa shape index (κ3) is 3.50. The van der Waals surface area contributed by atoms with E-state index >= 15 is 0 Å². The summed E-state index contributed by atoms with van der Waals surface area (Å²) in [7, 11) is 0. The van der Waals surface area contributed by atoms with Crippen LogP contribution >= 0.6 is 0 Å². The highest BCUT2D eigenvalue weighted by Gasteiger charge is 2.17. The van der Waals surface area contributed by atoms with Gasteiger partial charge in [0, 0.05) is 6.04 Å². The Bertz CT molecular complexity index is 205. The second kappa shape index (κ2) is 5.81. The first-order valence-corrected chi connectivity index (χ1v) is 5.45. The number of nitrogens with one attached hydrogen (secondary N) is 1. The van der Waals surface area contributed by atoms with Crippen LogP contribution in [0, 0.1) is 0 Å². The Labute approximate surface area is 85.7 Å². The molecule has 3 N–H and O–H groups in total. The van der Waals surface area contributed by atoms with E-state index in [4.69, 9.17) is 5.73 Å². The third-order valence-electron chi connectivity index (χ3n) is 2.56. The van der Waals surface area contributed by atoms with Gasteiger partial charge in [-0.2, -0.15) is 0 Å². The van der Waals surface area contributed by atoms with Crippen molar-refractivity contribution in [3.8, 4) is 0 Å². The van der Waals surface area contributed by atoms with Crippen LogP contribution in [0.15, 0.2) is 12.2 Å². The standard InChI is InChI=1S/C11H20N2O/c1-2-3-8-10(12)11(14)13-9-6-4-5-7-9/h4-5,9-10H,2-3,6-8,12H2,1H3,(H,13,14). The normalized spacial score (nSPS) is 18.4. The summed E-state index contributed by atoms with van der Waals surface area (Å²) in [6.45, 7) is 2.10. The smallest absolute Gasteiger partial charge is 0.237 e. The maximum Gasteiger partial charge on any atom is 0.237 e. The summed E-state index contributed by atoms with van der Waals surface area (Å²) in [6, 6.07) is -0.0364. The molecule has 3 heteroatoms. The van der Waals surface area contributed by atoms with Crippen molar-refractivity contribution in [2.24, 2.45) is 5.73 Å². The molecule has 0 saturated heterocycles. The average Bonchev–Trinajstić information content (AvgIpc) is 2.66. The average molecular weight is 196 g/mol. The van der Waals surface area contributed by atoms with Gasteiger partial charge in [-0.3, -0.25) is 4.79 Å². The van der Waals surface area contributed by atoms with Gasteiger partial charge in [-0.25, -0.2) is 0 Å². The highest BCUT2D eigenvalue weighted by molar-refractivity contribution is 5.81. The second-order valence-corrected chi connectivity index (χ2v) is 3.90. The van der Waals surface area contributed by atoms with Crippen molar-refractivity contribution in [1.82, 2.24) is 5.32 Å². The van der Waals surface area contributed by atoms with Crippen molar-refractivity contribution in [3.63, 3.8) is 0 Å². The summed E-state index contributed by atoms with van der Waals surface area (Å²) in [5.41, 5.74) is 5.75. The molecule has 0 fully saturated rings. The van der Waals surface area contributed by atoms with Crippen LogP contribution in [0.25, 0.3) is 0 Å². The zero-order valence-electron chi connectivity index (χ0n) is 8.83. The highest BCUT2D eigenvalue weighted by Crippen LogP contribution is 2.09. The van der Waals surface area contributed by atoms with E-state index in [0.717, 1.165) is 32.1 Å². The lowest BCUT2D eigenvalue weighted by atomic mass is 10.1. The van der Waals surface area contributed by atoms with Crippen LogP contribution in [0.4, 0.5) is 0 Å². The molecule has 1 amide bonds. The number of hydrogen-bond donors (Lipinski definition) is 2. The largest absolute Gasteiger partial charge is 0.351 e. The molecular formula is C11H20N2O. The molecule has 0 radical (unpaired) electrons. The van der Waals surface area contributed by atoms with E-state index in [9.17, 15) is 4.79 Å². The van der Waals surface area contributed by atoms with Gasteiger partial charge in [0.1, 0.15) is 0 Å². The van der Waals surface area contributed by atoms with Gasteiger partial charge >= 0.3 is 0 Å². The van der Waals surface area contributed by atoms with Crippen LogP contribution in [0.1, 0.15) is 39.0 Å². The van der Waals surface area contributed by atoms with E-state index in [2.05, 4.69) is 24.4 Å². The van der Waals surface area contributed by atoms with E-state index in [0.29, 0.717) is 0 Å². The number of unbranched alkanes of at least 4 members (excludes halogenated alkanes) is 1. The molecule has 1 atom stereocenters. The lowest BCUT2D eigenvalue weighted by Gasteiger charge is -2.16. The molecule has 0 saturated carbocycles. The molecule has 1 aliphatic rings. The minimum atomic E-state index is -0.324. The molecule has 0 aromatic carbocycles. The van der Waals surface area contributed by atoms with Gasteiger partial charge in [0.25, 0.3) is 0 Å². The SMILES string of the molecule is CCCCC(N)C(=O)NC1CC=CC1. The zero-order valence-corrected chi connectivity index (χ0v) is 8.83. The van der Waals surface area contributed by atoms with Crippen LogP contribution in [-0.4, -0.2) is 18.0 Å². The molecule has 80 valence electrons. The predicted octanol–water partition coefficient (Wildman–Crippen LogP) is 1.34. The predicted molar refractivity (Wildman–Crippen MR) is 57.8 cm³/mol. The maximum absolute atomic E-state index is 11.5. The molecule has 14 heavy (non-hydrogen) atoms. The van der Waals surface area contributed by atoms with Crippen molar-refractivity contribution in [2.75, 3.05) is 0 Å². The van der Waals surface area contributed by atoms with Gasteiger partial charge < -0.3 is 11.1 Å². The highest BCUT2D eigenvalue weighted by atomic mass is 16.2. The van der Waals surface area contributed by atoms with Crippen molar-refractivity contribution in [3.05, 3.63) is 12.2 Å². The molecule has 0 heterocycles. The van der Waals surface area contributed by atoms with Crippen molar-refractivity contribution >= 4 is 5.91 Å². The van der Waals surface area contributed by atoms with Gasteiger partial charge in [-0.05, 0) is 19.3 Å². The van der Waals surface area contributed by atoms with E-state index < -0.39 is 0 Å². The summed E-state index contributed by atoms with van der Waals surface area (Å²) in [4.78, 5) is 11.5. The minimum Gasteiger partial charge on any atom is -0.351 e. The summed E-state index contributed by atoms with van der Waals surface area (Å²) in [5, 5.41) is 2.96. The van der Waals surface area contributed by atoms with Crippen molar-refractivity contribution in [1.29, 1.82) is 0 Å². The Hall–Kier alpha value is -0.830. The Balaban J connectivity index is 2.19. The third-order valence-corrected chi connectivity index (χ3v) is 2.56. The number of rotatable bonds is 5. The van der Waals surface area contributed by atoms with Gasteiger partial charge in [-0.1, -0.05) is 31.9 Å². The van der Waals surface area contributed by atoms with Crippen LogP contribution in [0.5, 0.6) is 0 Å². The Morgan fingerprint density at radius 2 is 2.21 bits per heavy atom. The first kappa shape index (κ1) is 11.2. The lowest BCUT2D eigenvalue weighted by molar-refractivity contribution is -0.123. The Morgan fingerprint density at radius 1 is 1.57 bits per heavy atom. The van der Waals surface area contributed by atoms with E-state index in [1.54, 1.807) is 0 Å². The van der Waals surface area contributed by atoms with Gasteiger partial charge in [0.15, 0.2) is 0 Å². The summed E-state index contributed by atoms with van der Waals surface area (Å²) in [6.07, 6.45) is 9.01. The number of amides is 1. The molecule has 0 bridgehead atoms. The molecule has 1 rings (SSSR count). The number of carbonyl (C=O) groups excluding carboxylic acids is 1. The fourth-order valence-corrected chi connectivity index (χ4v) is 1.60.